The van der Waals surface area contributed by atoms with Gasteiger partial charge in [-0.1, -0.05) is 93.6 Å². The van der Waals surface area contributed by atoms with E-state index >= 15 is 0 Å². The summed E-state index contributed by atoms with van der Waals surface area (Å²) >= 11 is 0. The van der Waals surface area contributed by atoms with Crippen LogP contribution in [-0.4, -0.2) is 34.7 Å². The lowest BCUT2D eigenvalue weighted by molar-refractivity contribution is -0.223. The Labute approximate surface area is 198 Å². The molecule has 174 valence electrons. The molecular formula is C28H34O4Si. The normalized spacial score (nSPS) is 19.3. The number of rotatable bonds is 7. The minimum Gasteiger partial charge on any atom is -0.497 e. The quantitative estimate of drug-likeness (QED) is 0.459. The van der Waals surface area contributed by atoms with Crippen LogP contribution < -0.4 is 15.1 Å². The van der Waals surface area contributed by atoms with E-state index in [0.29, 0.717) is 13.2 Å². The Kier molecular flexibility index (Phi) is 7.34. The molecule has 1 aliphatic heterocycles. The minimum atomic E-state index is -2.58. The molecule has 4 rings (SSSR count). The van der Waals surface area contributed by atoms with Crippen molar-refractivity contribution in [2.75, 3.05) is 20.3 Å². The summed E-state index contributed by atoms with van der Waals surface area (Å²) in [6.07, 6.45) is 0.384. The molecule has 1 fully saturated rings. The van der Waals surface area contributed by atoms with Gasteiger partial charge in [0.05, 0.1) is 26.4 Å². The second-order valence-electron chi connectivity index (χ2n) is 9.50. The van der Waals surface area contributed by atoms with Gasteiger partial charge in [-0.15, -0.1) is 0 Å². The highest BCUT2D eigenvalue weighted by atomic mass is 28.4. The first kappa shape index (κ1) is 23.7. The van der Waals surface area contributed by atoms with Crippen molar-refractivity contribution in [3.8, 4) is 5.75 Å². The molecule has 5 heteroatoms. The van der Waals surface area contributed by atoms with Gasteiger partial charge in [0.2, 0.25) is 0 Å². The highest BCUT2D eigenvalue weighted by Gasteiger charge is 2.50. The van der Waals surface area contributed by atoms with Gasteiger partial charge in [0.25, 0.3) is 8.32 Å². The Balaban J connectivity index is 1.59. The number of methoxy groups -OCH3 is 1. The van der Waals surface area contributed by atoms with Crippen LogP contribution in [0.15, 0.2) is 84.9 Å². The zero-order chi connectivity index (χ0) is 23.3. The van der Waals surface area contributed by atoms with Gasteiger partial charge >= 0.3 is 0 Å². The van der Waals surface area contributed by atoms with E-state index in [1.165, 1.54) is 10.4 Å². The summed E-state index contributed by atoms with van der Waals surface area (Å²) in [7, 11) is -0.917. The molecule has 3 aromatic rings. The summed E-state index contributed by atoms with van der Waals surface area (Å²) in [6.45, 7) is 8.06. The summed E-state index contributed by atoms with van der Waals surface area (Å²) in [4.78, 5) is 0. The van der Waals surface area contributed by atoms with Crippen molar-refractivity contribution in [1.29, 1.82) is 0 Å². The largest absolute Gasteiger partial charge is 0.497 e. The smallest absolute Gasteiger partial charge is 0.261 e. The summed E-state index contributed by atoms with van der Waals surface area (Å²) < 4.78 is 24.6. The molecule has 0 saturated carbocycles. The summed E-state index contributed by atoms with van der Waals surface area (Å²) in [6, 6.07) is 29.3. The molecule has 0 amide bonds. The van der Waals surface area contributed by atoms with E-state index in [4.69, 9.17) is 18.6 Å². The molecule has 1 heterocycles. The first-order valence-electron chi connectivity index (χ1n) is 11.6. The minimum absolute atomic E-state index is 0.0347. The molecule has 2 atom stereocenters. The third-order valence-corrected chi connectivity index (χ3v) is 11.3. The fourth-order valence-electron chi connectivity index (χ4n) is 4.63. The van der Waals surface area contributed by atoms with Crippen LogP contribution in [0.4, 0.5) is 0 Å². The molecule has 1 saturated heterocycles. The number of benzene rings is 3. The van der Waals surface area contributed by atoms with Crippen molar-refractivity contribution in [1.82, 2.24) is 0 Å². The lowest BCUT2D eigenvalue weighted by Crippen LogP contribution is -2.67. The van der Waals surface area contributed by atoms with Gasteiger partial charge in [-0.05, 0) is 34.0 Å². The van der Waals surface area contributed by atoms with Crippen LogP contribution in [0.25, 0.3) is 0 Å². The second kappa shape index (κ2) is 10.2. The van der Waals surface area contributed by atoms with Crippen LogP contribution in [0.3, 0.4) is 0 Å². The predicted molar refractivity (Wildman–Crippen MR) is 135 cm³/mol. The van der Waals surface area contributed by atoms with Crippen molar-refractivity contribution in [2.45, 2.75) is 44.6 Å². The van der Waals surface area contributed by atoms with E-state index in [-0.39, 0.29) is 11.1 Å². The topological polar surface area (TPSA) is 36.9 Å². The lowest BCUT2D eigenvalue weighted by Gasteiger charge is -2.44. The van der Waals surface area contributed by atoms with E-state index in [1.54, 1.807) is 7.11 Å². The highest BCUT2D eigenvalue weighted by molar-refractivity contribution is 6.99. The molecule has 0 bridgehead atoms. The lowest BCUT2D eigenvalue weighted by atomic mass is 10.2. The maximum Gasteiger partial charge on any atom is 0.261 e. The van der Waals surface area contributed by atoms with Crippen LogP contribution in [0.2, 0.25) is 5.04 Å². The van der Waals surface area contributed by atoms with Crippen molar-refractivity contribution in [3.05, 3.63) is 90.5 Å². The third-order valence-electron chi connectivity index (χ3n) is 6.32. The summed E-state index contributed by atoms with van der Waals surface area (Å²) in [5, 5.41) is 2.50. The Morgan fingerprint density at radius 3 is 1.94 bits per heavy atom. The van der Waals surface area contributed by atoms with Crippen LogP contribution >= 0.6 is 0 Å². The van der Waals surface area contributed by atoms with Crippen LogP contribution in [0.1, 0.15) is 39.0 Å². The SMILES string of the molecule is COc1ccc([C@@H]2OCCC(CO[Si](c3ccccc3)(c3ccccc3)C(C)(C)C)O2)cc1. The molecule has 0 radical (unpaired) electrons. The van der Waals surface area contributed by atoms with Crippen LogP contribution in [0.5, 0.6) is 5.75 Å². The van der Waals surface area contributed by atoms with Gasteiger partial charge in [-0.25, -0.2) is 0 Å². The zero-order valence-corrected chi connectivity index (χ0v) is 21.0. The van der Waals surface area contributed by atoms with Gasteiger partial charge in [0.15, 0.2) is 6.29 Å². The Bertz CT molecular complexity index is 960. The summed E-state index contributed by atoms with van der Waals surface area (Å²) in [5.41, 5.74) is 0.992. The number of hydrogen-bond donors (Lipinski definition) is 0. The van der Waals surface area contributed by atoms with Gasteiger partial charge in [0, 0.05) is 5.56 Å². The first-order chi connectivity index (χ1) is 15.9. The molecule has 1 unspecified atom stereocenters. The fraction of sp³-hybridized carbons (Fsp3) is 0.357. The van der Waals surface area contributed by atoms with E-state index in [9.17, 15) is 0 Å². The van der Waals surface area contributed by atoms with Crippen LogP contribution in [-0.2, 0) is 13.9 Å². The van der Waals surface area contributed by atoms with E-state index in [2.05, 4.69) is 81.4 Å². The van der Waals surface area contributed by atoms with Crippen LogP contribution in [0, 0.1) is 0 Å². The van der Waals surface area contributed by atoms with Crippen molar-refractivity contribution < 1.29 is 18.6 Å². The Morgan fingerprint density at radius 2 is 1.42 bits per heavy atom. The molecule has 4 nitrogen and oxygen atoms in total. The van der Waals surface area contributed by atoms with E-state index < -0.39 is 14.6 Å². The zero-order valence-electron chi connectivity index (χ0n) is 20.0. The molecule has 3 aromatic carbocycles. The number of hydrogen-bond acceptors (Lipinski definition) is 4. The Morgan fingerprint density at radius 1 is 0.848 bits per heavy atom. The fourth-order valence-corrected chi connectivity index (χ4v) is 9.22. The van der Waals surface area contributed by atoms with E-state index in [1.807, 2.05) is 24.3 Å². The maximum atomic E-state index is 7.06. The molecule has 33 heavy (non-hydrogen) atoms. The molecule has 0 aliphatic carbocycles. The average molecular weight is 463 g/mol. The van der Waals surface area contributed by atoms with E-state index in [0.717, 1.165) is 17.7 Å². The average Bonchev–Trinajstić information content (AvgIpc) is 2.85. The maximum absolute atomic E-state index is 7.06. The van der Waals surface area contributed by atoms with Crippen molar-refractivity contribution >= 4 is 18.7 Å². The van der Waals surface area contributed by atoms with Gasteiger partial charge < -0.3 is 18.6 Å². The van der Waals surface area contributed by atoms with Gasteiger partial charge in [-0.2, -0.15) is 0 Å². The third kappa shape index (κ3) is 5.07. The predicted octanol–water partition coefficient (Wildman–Crippen LogP) is 5.08. The first-order valence-corrected chi connectivity index (χ1v) is 13.5. The highest BCUT2D eigenvalue weighted by Crippen LogP contribution is 2.37. The molecule has 0 aromatic heterocycles. The van der Waals surface area contributed by atoms with Crippen molar-refractivity contribution in [3.63, 3.8) is 0 Å². The standard InChI is InChI=1S/C28H34O4Si/c1-28(2,3)33(25-11-7-5-8-12-25,26-13-9-6-10-14-26)31-21-24-19-20-30-27(32-24)22-15-17-23(29-4)18-16-22/h5-18,24,27H,19-21H2,1-4H3/t24?,27-/m1/s1. The molecular weight excluding hydrogens is 428 g/mol. The number of ether oxygens (including phenoxy) is 3. The second-order valence-corrected chi connectivity index (χ2v) is 13.8. The monoisotopic (exact) mass is 462 g/mol. The molecule has 1 aliphatic rings. The van der Waals surface area contributed by atoms with Gasteiger partial charge in [0.1, 0.15) is 5.75 Å². The molecule has 0 N–H and O–H groups in total. The Hall–Kier alpha value is -2.44. The summed E-state index contributed by atoms with van der Waals surface area (Å²) in [5.74, 6) is 0.820. The van der Waals surface area contributed by atoms with Crippen molar-refractivity contribution in [2.24, 2.45) is 0 Å². The molecule has 0 spiro atoms. The van der Waals surface area contributed by atoms with Gasteiger partial charge in [-0.3, -0.25) is 0 Å².